The van der Waals surface area contributed by atoms with Crippen molar-refractivity contribution in [3.63, 3.8) is 0 Å². The van der Waals surface area contributed by atoms with E-state index < -0.39 is 0 Å². The predicted molar refractivity (Wildman–Crippen MR) is 245 cm³/mol. The summed E-state index contributed by atoms with van der Waals surface area (Å²) in [6.07, 6.45) is 0. The van der Waals surface area contributed by atoms with E-state index in [9.17, 15) is 0 Å². The zero-order valence-electron chi connectivity index (χ0n) is 32.4. The Kier molecular flexibility index (Phi) is 7.14. The summed E-state index contributed by atoms with van der Waals surface area (Å²) in [4.78, 5) is 26.1. The Bertz CT molecular complexity index is 3820. The molecule has 0 unspecified atom stereocenters. The molecule has 0 aliphatic carbocycles. The minimum atomic E-state index is 0.529. The Hall–Kier alpha value is -8.49. The minimum absolute atomic E-state index is 0.529. The maximum atomic E-state index is 6.57. The lowest BCUT2D eigenvalue weighted by Gasteiger charge is -2.12. The zero-order valence-corrected chi connectivity index (χ0v) is 32.4. The molecule has 0 amide bonds. The number of nitrogens with zero attached hydrogens (tertiary/aromatic N) is 7. The van der Waals surface area contributed by atoms with E-state index in [1.807, 2.05) is 78.9 Å². The van der Waals surface area contributed by atoms with Gasteiger partial charge in [0, 0.05) is 43.6 Å². The summed E-state index contributed by atoms with van der Waals surface area (Å²) in [5.41, 5.74) is 8.91. The van der Waals surface area contributed by atoms with Gasteiger partial charge in [-0.05, 0) is 41.1 Å². The molecule has 0 spiro atoms. The smallest absolute Gasteiger partial charge is 0.238 e. The van der Waals surface area contributed by atoms with E-state index >= 15 is 0 Å². The highest BCUT2D eigenvalue weighted by Gasteiger charge is 2.25. The minimum Gasteiger partial charge on any atom is -0.437 e. The second-order valence-corrected chi connectivity index (χ2v) is 15.3. The van der Waals surface area contributed by atoms with E-state index in [0.29, 0.717) is 29.3 Å². The van der Waals surface area contributed by atoms with Crippen LogP contribution in [-0.2, 0) is 0 Å². The number of benzene rings is 8. The molecule has 0 aliphatic rings. The van der Waals surface area contributed by atoms with Crippen LogP contribution in [0.1, 0.15) is 0 Å². The van der Waals surface area contributed by atoms with Gasteiger partial charge in [0.15, 0.2) is 11.6 Å². The number of aromatic nitrogens is 7. The second-order valence-electron chi connectivity index (χ2n) is 15.3. The van der Waals surface area contributed by atoms with E-state index in [0.717, 1.165) is 93.1 Å². The topological polar surface area (TPSA) is 87.5 Å². The van der Waals surface area contributed by atoms with Crippen LogP contribution in [0.25, 0.3) is 122 Å². The van der Waals surface area contributed by atoms with Crippen LogP contribution < -0.4 is 0 Å². The Morgan fingerprint density at radius 3 is 1.49 bits per heavy atom. The van der Waals surface area contributed by atoms with Gasteiger partial charge in [0.1, 0.15) is 5.58 Å². The number of fused-ring (bicyclic) bond motifs is 11. The van der Waals surface area contributed by atoms with Crippen LogP contribution in [0.15, 0.2) is 192 Å². The first kappa shape index (κ1) is 33.5. The maximum Gasteiger partial charge on any atom is 0.238 e. The van der Waals surface area contributed by atoms with Crippen molar-refractivity contribution in [1.29, 1.82) is 0 Å². The Balaban J connectivity index is 1.12. The zero-order chi connectivity index (χ0) is 40.0. The average molecular weight is 782 g/mol. The third-order valence-electron chi connectivity index (χ3n) is 11.8. The molecular weight excluding hydrogens is 751 g/mol. The number of furan rings is 1. The Labute approximate surface area is 347 Å². The predicted octanol–water partition coefficient (Wildman–Crippen LogP) is 12.9. The first-order chi connectivity index (χ1) is 30.3. The van der Waals surface area contributed by atoms with Crippen LogP contribution in [0.5, 0.6) is 0 Å². The molecule has 0 N–H and O–H groups in total. The average Bonchev–Trinajstić information content (AvgIpc) is 3.99. The van der Waals surface area contributed by atoms with Gasteiger partial charge in [-0.2, -0.15) is 15.0 Å². The van der Waals surface area contributed by atoms with E-state index in [1.54, 1.807) is 0 Å². The second kappa shape index (κ2) is 13.0. The number of hydrogen-bond acceptors (Lipinski definition) is 6. The fourth-order valence-electron chi connectivity index (χ4n) is 9.19. The molecule has 0 saturated carbocycles. The summed E-state index contributed by atoms with van der Waals surface area (Å²) >= 11 is 0. The third kappa shape index (κ3) is 5.03. The van der Waals surface area contributed by atoms with Gasteiger partial charge >= 0.3 is 0 Å². The van der Waals surface area contributed by atoms with Crippen LogP contribution in [-0.4, -0.2) is 34.1 Å². The van der Waals surface area contributed by atoms with Gasteiger partial charge in [-0.1, -0.05) is 158 Å². The molecule has 61 heavy (non-hydrogen) atoms. The van der Waals surface area contributed by atoms with Gasteiger partial charge in [-0.3, -0.25) is 9.13 Å². The molecule has 0 fully saturated rings. The van der Waals surface area contributed by atoms with Gasteiger partial charge in [-0.25, -0.2) is 9.97 Å². The standard InChI is InChI=1S/C53H31N7O/c1-3-17-33(18-4-1)49-55-50(34-19-5-2-6-20-34)57-53(56-49)60-41-28-13-10-24-38(41)46-43(60)31-30-42-45(46)37-23-9-12-27-40(37)59(42)52-54-48(36-26-15-21-32-16-7-8-22-35(32)36)47-39-25-11-14-29-44(39)61-51(47)58-52/h1-31H. The summed E-state index contributed by atoms with van der Waals surface area (Å²) in [6.45, 7) is 0. The molecular formula is C53H31N7O. The van der Waals surface area contributed by atoms with Gasteiger partial charge in [0.05, 0.1) is 33.1 Å². The van der Waals surface area contributed by atoms with Crippen LogP contribution in [0, 0.1) is 0 Å². The van der Waals surface area contributed by atoms with Crippen molar-refractivity contribution in [2.45, 2.75) is 0 Å². The van der Waals surface area contributed by atoms with Crippen molar-refractivity contribution in [3.8, 4) is 45.9 Å². The molecule has 5 heterocycles. The van der Waals surface area contributed by atoms with Crippen LogP contribution in [0.2, 0.25) is 0 Å². The van der Waals surface area contributed by atoms with E-state index in [4.69, 9.17) is 29.3 Å². The summed E-state index contributed by atoms with van der Waals surface area (Å²) in [5, 5.41) is 8.46. The number of para-hydroxylation sites is 3. The van der Waals surface area contributed by atoms with E-state index in [2.05, 4.69) is 118 Å². The van der Waals surface area contributed by atoms with Crippen molar-refractivity contribution >= 4 is 76.5 Å². The van der Waals surface area contributed by atoms with Crippen molar-refractivity contribution < 1.29 is 4.42 Å². The van der Waals surface area contributed by atoms with Gasteiger partial charge < -0.3 is 4.42 Å². The largest absolute Gasteiger partial charge is 0.437 e. The number of rotatable bonds is 5. The molecule has 13 aromatic rings. The highest BCUT2D eigenvalue weighted by Crippen LogP contribution is 2.43. The molecule has 13 rings (SSSR count). The summed E-state index contributed by atoms with van der Waals surface area (Å²) in [7, 11) is 0. The molecule has 8 heteroatoms. The van der Waals surface area contributed by atoms with Crippen molar-refractivity contribution in [2.75, 3.05) is 0 Å². The molecule has 8 aromatic carbocycles. The van der Waals surface area contributed by atoms with Crippen LogP contribution >= 0.6 is 0 Å². The highest BCUT2D eigenvalue weighted by atomic mass is 16.3. The first-order valence-electron chi connectivity index (χ1n) is 20.3. The molecule has 284 valence electrons. The fraction of sp³-hybridized carbons (Fsp3) is 0. The van der Waals surface area contributed by atoms with Gasteiger partial charge in [0.2, 0.25) is 17.6 Å². The summed E-state index contributed by atoms with van der Waals surface area (Å²) < 4.78 is 10.9. The Morgan fingerprint density at radius 2 is 0.852 bits per heavy atom. The van der Waals surface area contributed by atoms with Crippen molar-refractivity contribution in [3.05, 3.63) is 188 Å². The fourth-order valence-corrected chi connectivity index (χ4v) is 9.19. The molecule has 8 nitrogen and oxygen atoms in total. The lowest BCUT2D eigenvalue weighted by atomic mass is 9.99. The van der Waals surface area contributed by atoms with E-state index in [1.165, 1.54) is 0 Å². The highest BCUT2D eigenvalue weighted by molar-refractivity contribution is 6.29. The summed E-state index contributed by atoms with van der Waals surface area (Å²) in [6, 6.07) is 64.5. The molecule has 0 saturated heterocycles. The third-order valence-corrected chi connectivity index (χ3v) is 11.8. The Morgan fingerprint density at radius 1 is 0.344 bits per heavy atom. The normalized spacial score (nSPS) is 11.9. The lowest BCUT2D eigenvalue weighted by Crippen LogP contribution is -2.06. The lowest BCUT2D eigenvalue weighted by molar-refractivity contribution is 0.651. The first-order valence-corrected chi connectivity index (χ1v) is 20.3. The van der Waals surface area contributed by atoms with Gasteiger partial charge in [0.25, 0.3) is 0 Å². The molecule has 0 aliphatic heterocycles. The molecule has 0 radical (unpaired) electrons. The van der Waals surface area contributed by atoms with Crippen molar-refractivity contribution in [1.82, 2.24) is 34.1 Å². The quantitative estimate of drug-likeness (QED) is 0.173. The number of hydrogen-bond donors (Lipinski definition) is 0. The molecule has 5 aromatic heterocycles. The maximum absolute atomic E-state index is 6.57. The summed E-state index contributed by atoms with van der Waals surface area (Å²) in [5.74, 6) is 2.28. The van der Waals surface area contributed by atoms with Gasteiger partial charge in [-0.15, -0.1) is 0 Å². The molecule has 0 bridgehead atoms. The SMILES string of the molecule is c1ccc(-c2nc(-c3ccccc3)nc(-n3c4ccccc4c4c5c6ccccc6n(-c6nc(-c7cccc8ccccc78)c7c(n6)oc6ccccc67)c5ccc43)n2)cc1. The van der Waals surface area contributed by atoms with E-state index in [-0.39, 0.29) is 0 Å². The monoisotopic (exact) mass is 781 g/mol. The van der Waals surface area contributed by atoms with Crippen molar-refractivity contribution in [2.24, 2.45) is 0 Å². The molecule has 0 atom stereocenters. The van der Waals surface area contributed by atoms with Crippen LogP contribution in [0.4, 0.5) is 0 Å². The van der Waals surface area contributed by atoms with Crippen LogP contribution in [0.3, 0.4) is 0 Å².